The molecule has 3 heterocycles. The first kappa shape index (κ1) is 16.8. The minimum Gasteiger partial charge on any atom is -0.393 e. The van der Waals surface area contributed by atoms with Gasteiger partial charge in [-0.25, -0.2) is 4.39 Å². The molecule has 1 saturated carbocycles. The van der Waals surface area contributed by atoms with Crippen molar-refractivity contribution in [2.75, 3.05) is 24.5 Å². The number of hydrogen-bond donors (Lipinski definition) is 1. The highest BCUT2D eigenvalue weighted by atomic mass is 19.1. The lowest BCUT2D eigenvalue weighted by molar-refractivity contribution is -0.139. The molecule has 6 heteroatoms. The van der Waals surface area contributed by atoms with E-state index in [1.54, 1.807) is 12.3 Å². The predicted octanol–water partition coefficient (Wildman–Crippen LogP) is 2.34. The standard InChI is InChI=1S/C19H26FN3O2/c20-16-12-21-9-6-17(16)22-10-1-7-19(13-22)8-11-23(18(19)25)14-2-4-15(24)5-3-14/h6,9,12,14-15,24H,1-5,7-8,10-11,13H2/t14?,15?,19-/m1/s1. The minimum absolute atomic E-state index is 0.206. The molecular weight excluding hydrogens is 321 g/mol. The van der Waals surface area contributed by atoms with Crippen molar-refractivity contribution in [3.8, 4) is 0 Å². The SMILES string of the molecule is O=C1N(C2CCC(O)CC2)CC[C@@]12CCCN(c1ccncc1F)C2. The number of likely N-dealkylation sites (tertiary alicyclic amines) is 1. The zero-order chi connectivity index (χ0) is 17.4. The molecule has 0 aromatic carbocycles. The van der Waals surface area contributed by atoms with Crippen LogP contribution >= 0.6 is 0 Å². The quantitative estimate of drug-likeness (QED) is 0.892. The fourth-order valence-corrected chi connectivity index (χ4v) is 4.91. The Hall–Kier alpha value is -1.69. The molecule has 2 aliphatic heterocycles. The van der Waals surface area contributed by atoms with Crippen molar-refractivity contribution in [2.24, 2.45) is 5.41 Å². The van der Waals surface area contributed by atoms with Crippen molar-refractivity contribution < 1.29 is 14.3 Å². The number of anilines is 1. The average Bonchev–Trinajstić information content (AvgIpc) is 2.92. The van der Waals surface area contributed by atoms with E-state index in [4.69, 9.17) is 0 Å². The van der Waals surface area contributed by atoms with Gasteiger partial charge in [0.15, 0.2) is 5.82 Å². The van der Waals surface area contributed by atoms with Crippen LogP contribution in [0, 0.1) is 11.2 Å². The van der Waals surface area contributed by atoms with E-state index in [2.05, 4.69) is 9.88 Å². The summed E-state index contributed by atoms with van der Waals surface area (Å²) in [6.07, 6.45) is 8.66. The highest BCUT2D eigenvalue weighted by molar-refractivity contribution is 5.86. The van der Waals surface area contributed by atoms with Gasteiger partial charge in [-0.05, 0) is 51.0 Å². The third-order valence-electron chi connectivity index (χ3n) is 6.32. The maximum absolute atomic E-state index is 14.1. The first-order valence-electron chi connectivity index (χ1n) is 9.43. The van der Waals surface area contributed by atoms with Crippen LogP contribution in [0.3, 0.4) is 0 Å². The Labute approximate surface area is 147 Å². The molecule has 25 heavy (non-hydrogen) atoms. The fourth-order valence-electron chi connectivity index (χ4n) is 4.91. The van der Waals surface area contributed by atoms with Crippen LogP contribution in [-0.2, 0) is 4.79 Å². The van der Waals surface area contributed by atoms with Crippen LogP contribution < -0.4 is 4.90 Å². The molecule has 1 aromatic rings. The van der Waals surface area contributed by atoms with Gasteiger partial charge in [-0.3, -0.25) is 9.78 Å². The number of halogens is 1. The van der Waals surface area contributed by atoms with Crippen molar-refractivity contribution in [1.82, 2.24) is 9.88 Å². The molecule has 0 radical (unpaired) electrons. The van der Waals surface area contributed by atoms with Gasteiger partial charge in [0.25, 0.3) is 0 Å². The number of carbonyl (C=O) groups excluding carboxylic acids is 1. The third kappa shape index (κ3) is 3.01. The number of piperidine rings is 1. The Balaban J connectivity index is 1.50. The second kappa shape index (κ2) is 6.56. The van der Waals surface area contributed by atoms with Gasteiger partial charge in [-0.2, -0.15) is 0 Å². The fraction of sp³-hybridized carbons (Fsp3) is 0.684. The second-order valence-electron chi connectivity index (χ2n) is 7.84. The normalized spacial score (nSPS) is 33.3. The number of carbonyl (C=O) groups is 1. The Morgan fingerprint density at radius 3 is 2.76 bits per heavy atom. The minimum atomic E-state index is -0.371. The smallest absolute Gasteiger partial charge is 0.230 e. The number of pyridine rings is 1. The van der Waals surface area contributed by atoms with Gasteiger partial charge in [-0.1, -0.05) is 0 Å². The van der Waals surface area contributed by atoms with E-state index in [0.717, 1.165) is 58.0 Å². The molecule has 136 valence electrons. The molecule has 4 rings (SSSR count). The van der Waals surface area contributed by atoms with Crippen LogP contribution in [0.5, 0.6) is 0 Å². The van der Waals surface area contributed by atoms with Gasteiger partial charge in [0.05, 0.1) is 23.4 Å². The molecule has 1 spiro atoms. The van der Waals surface area contributed by atoms with Gasteiger partial charge in [0.1, 0.15) is 0 Å². The molecule has 0 bridgehead atoms. The molecule has 1 N–H and O–H groups in total. The largest absolute Gasteiger partial charge is 0.393 e. The first-order chi connectivity index (χ1) is 12.1. The van der Waals surface area contributed by atoms with Crippen molar-refractivity contribution >= 4 is 11.6 Å². The van der Waals surface area contributed by atoms with Crippen LogP contribution in [0.25, 0.3) is 0 Å². The molecule has 3 aliphatic rings. The van der Waals surface area contributed by atoms with E-state index in [-0.39, 0.29) is 29.3 Å². The Kier molecular flexibility index (Phi) is 4.40. The maximum atomic E-state index is 14.1. The number of nitrogens with zero attached hydrogens (tertiary/aromatic N) is 3. The summed E-state index contributed by atoms with van der Waals surface area (Å²) in [6.45, 7) is 2.18. The lowest BCUT2D eigenvalue weighted by Gasteiger charge is -2.41. The zero-order valence-corrected chi connectivity index (χ0v) is 14.5. The Bertz CT molecular complexity index is 647. The summed E-state index contributed by atoms with van der Waals surface area (Å²) < 4.78 is 14.1. The number of aliphatic hydroxyl groups is 1. The van der Waals surface area contributed by atoms with E-state index >= 15 is 0 Å². The van der Waals surface area contributed by atoms with Crippen LogP contribution in [-0.4, -0.2) is 52.7 Å². The van der Waals surface area contributed by atoms with Crippen molar-refractivity contribution in [1.29, 1.82) is 0 Å². The number of rotatable bonds is 2. The van der Waals surface area contributed by atoms with Crippen LogP contribution in [0.4, 0.5) is 10.1 Å². The highest BCUT2D eigenvalue weighted by Gasteiger charge is 2.50. The number of aromatic nitrogens is 1. The van der Waals surface area contributed by atoms with E-state index in [1.807, 2.05) is 4.90 Å². The van der Waals surface area contributed by atoms with Crippen molar-refractivity contribution in [2.45, 2.75) is 57.1 Å². The summed E-state index contributed by atoms with van der Waals surface area (Å²) in [5, 5.41) is 9.71. The third-order valence-corrected chi connectivity index (χ3v) is 6.32. The van der Waals surface area contributed by atoms with Crippen LogP contribution in [0.15, 0.2) is 18.5 Å². The van der Waals surface area contributed by atoms with Gasteiger partial charge >= 0.3 is 0 Å². The highest BCUT2D eigenvalue weighted by Crippen LogP contribution is 2.43. The van der Waals surface area contributed by atoms with Crippen LogP contribution in [0.1, 0.15) is 44.9 Å². The van der Waals surface area contributed by atoms with Gasteiger partial charge in [0, 0.05) is 31.9 Å². The van der Waals surface area contributed by atoms with Crippen molar-refractivity contribution in [3.63, 3.8) is 0 Å². The molecule has 1 aromatic heterocycles. The predicted molar refractivity (Wildman–Crippen MR) is 92.7 cm³/mol. The van der Waals surface area contributed by atoms with Gasteiger partial charge < -0.3 is 14.9 Å². The molecule has 1 aliphatic carbocycles. The lowest BCUT2D eigenvalue weighted by Crippen LogP contribution is -2.50. The van der Waals surface area contributed by atoms with E-state index in [0.29, 0.717) is 12.2 Å². The molecular formula is C19H26FN3O2. The number of aliphatic hydroxyl groups excluding tert-OH is 1. The maximum Gasteiger partial charge on any atom is 0.230 e. The summed E-state index contributed by atoms with van der Waals surface area (Å²) in [6, 6.07) is 1.97. The Morgan fingerprint density at radius 2 is 2.00 bits per heavy atom. The molecule has 2 saturated heterocycles. The van der Waals surface area contributed by atoms with Crippen molar-refractivity contribution in [3.05, 3.63) is 24.3 Å². The Morgan fingerprint density at radius 1 is 1.20 bits per heavy atom. The average molecular weight is 347 g/mol. The van der Waals surface area contributed by atoms with E-state index in [1.165, 1.54) is 6.20 Å². The summed E-state index contributed by atoms with van der Waals surface area (Å²) in [5.41, 5.74) is 0.186. The summed E-state index contributed by atoms with van der Waals surface area (Å²) >= 11 is 0. The number of hydrogen-bond acceptors (Lipinski definition) is 4. The van der Waals surface area contributed by atoms with E-state index in [9.17, 15) is 14.3 Å². The summed E-state index contributed by atoms with van der Waals surface area (Å²) in [5.74, 6) is -0.0730. The lowest BCUT2D eigenvalue weighted by atomic mass is 9.78. The molecule has 3 fully saturated rings. The van der Waals surface area contributed by atoms with Gasteiger partial charge in [0.2, 0.25) is 5.91 Å². The summed E-state index contributed by atoms with van der Waals surface area (Å²) in [7, 11) is 0. The molecule has 5 nitrogen and oxygen atoms in total. The van der Waals surface area contributed by atoms with Crippen LogP contribution in [0.2, 0.25) is 0 Å². The monoisotopic (exact) mass is 347 g/mol. The van der Waals surface area contributed by atoms with Gasteiger partial charge in [-0.15, -0.1) is 0 Å². The number of amides is 1. The first-order valence-corrected chi connectivity index (χ1v) is 9.43. The zero-order valence-electron chi connectivity index (χ0n) is 14.5. The molecule has 0 unspecified atom stereocenters. The second-order valence-corrected chi connectivity index (χ2v) is 7.84. The molecule has 1 atom stereocenters. The topological polar surface area (TPSA) is 56.7 Å². The summed E-state index contributed by atoms with van der Waals surface area (Å²) in [4.78, 5) is 21.2. The van der Waals surface area contributed by atoms with E-state index < -0.39 is 0 Å². The molecule has 1 amide bonds.